The molecule has 0 unspecified atom stereocenters. The van der Waals surface area contributed by atoms with Gasteiger partial charge in [0.2, 0.25) is 0 Å². The predicted molar refractivity (Wildman–Crippen MR) is 114 cm³/mol. The highest BCUT2D eigenvalue weighted by molar-refractivity contribution is 5.82. The Balaban J connectivity index is 1.36. The molecule has 0 radical (unpaired) electrons. The highest BCUT2D eigenvalue weighted by Crippen LogP contribution is 2.35. The number of nitrogens with zero attached hydrogens (tertiary/aromatic N) is 3. The van der Waals surface area contributed by atoms with Gasteiger partial charge in [0.1, 0.15) is 11.6 Å². The summed E-state index contributed by atoms with van der Waals surface area (Å²) in [6.45, 7) is 5.30. The van der Waals surface area contributed by atoms with Gasteiger partial charge in [0.15, 0.2) is 11.6 Å². The van der Waals surface area contributed by atoms with E-state index in [0.717, 1.165) is 42.4 Å². The van der Waals surface area contributed by atoms with Crippen molar-refractivity contribution in [2.24, 2.45) is 0 Å². The molecule has 0 aliphatic carbocycles. The maximum atomic E-state index is 13.9. The number of aromatic amines is 1. The van der Waals surface area contributed by atoms with Crippen LogP contribution in [-0.4, -0.2) is 32.9 Å². The summed E-state index contributed by atoms with van der Waals surface area (Å²) in [5.74, 6) is -0.926. The third-order valence-corrected chi connectivity index (χ3v) is 6.57. The normalized spacial score (nSPS) is 16.9. The first-order chi connectivity index (χ1) is 14.9. The van der Waals surface area contributed by atoms with Crippen molar-refractivity contribution in [1.82, 2.24) is 19.9 Å². The number of aryl methyl sites for hydroxylation is 1. The van der Waals surface area contributed by atoms with Crippen molar-refractivity contribution < 1.29 is 13.2 Å². The molecule has 4 nitrogen and oxygen atoms in total. The topological polar surface area (TPSA) is 44.8 Å². The first kappa shape index (κ1) is 20.0. The van der Waals surface area contributed by atoms with Crippen LogP contribution in [-0.2, 0) is 0 Å². The lowest BCUT2D eigenvalue weighted by Crippen LogP contribution is -2.35. The number of hydrogen-bond donors (Lipinski definition) is 1. The predicted octanol–water partition coefficient (Wildman–Crippen LogP) is 5.78. The smallest absolute Gasteiger partial charge is 0.164 e. The molecule has 1 atom stereocenters. The summed E-state index contributed by atoms with van der Waals surface area (Å²) in [7, 11) is 0. The van der Waals surface area contributed by atoms with E-state index in [0.29, 0.717) is 22.8 Å². The highest BCUT2D eigenvalue weighted by atomic mass is 19.2. The Labute approximate surface area is 178 Å². The molecular formula is C24H23F3N4. The molecule has 0 amide bonds. The van der Waals surface area contributed by atoms with Crippen LogP contribution in [0.1, 0.15) is 48.7 Å². The summed E-state index contributed by atoms with van der Waals surface area (Å²) in [5, 5.41) is 0.880. The SMILES string of the molecule is Cc1c(F)c(F)cc2[nH]c([C@@H](C)N3CCC(c4ccnc5ccc(F)cc45)CC3)nc12. The summed E-state index contributed by atoms with van der Waals surface area (Å²) in [4.78, 5) is 14.4. The quantitative estimate of drug-likeness (QED) is 0.454. The molecule has 2 aromatic carbocycles. The molecule has 1 aliphatic heterocycles. The van der Waals surface area contributed by atoms with Crippen molar-refractivity contribution in [2.75, 3.05) is 13.1 Å². The second kappa shape index (κ2) is 7.64. The molecule has 2 aromatic heterocycles. The number of likely N-dealkylation sites (tertiary alicyclic amines) is 1. The highest BCUT2D eigenvalue weighted by Gasteiger charge is 2.27. The van der Waals surface area contributed by atoms with Gasteiger partial charge in [-0.1, -0.05) is 0 Å². The zero-order valence-corrected chi connectivity index (χ0v) is 17.4. The molecule has 31 heavy (non-hydrogen) atoms. The van der Waals surface area contributed by atoms with Crippen LogP contribution in [0.25, 0.3) is 21.9 Å². The summed E-state index contributed by atoms with van der Waals surface area (Å²) >= 11 is 0. The monoisotopic (exact) mass is 424 g/mol. The van der Waals surface area contributed by atoms with Gasteiger partial charge in [-0.2, -0.15) is 0 Å². The van der Waals surface area contributed by atoms with Crippen LogP contribution in [0.2, 0.25) is 0 Å². The van der Waals surface area contributed by atoms with Crippen LogP contribution >= 0.6 is 0 Å². The molecule has 1 fully saturated rings. The fourth-order valence-corrected chi connectivity index (χ4v) is 4.73. The van der Waals surface area contributed by atoms with Crippen molar-refractivity contribution >= 4 is 21.9 Å². The van der Waals surface area contributed by atoms with E-state index >= 15 is 0 Å². The number of hydrogen-bond acceptors (Lipinski definition) is 3. The van der Waals surface area contributed by atoms with Gasteiger partial charge in [-0.3, -0.25) is 9.88 Å². The molecule has 3 heterocycles. The zero-order chi connectivity index (χ0) is 21.7. The van der Waals surface area contributed by atoms with Crippen molar-refractivity contribution in [3.8, 4) is 0 Å². The summed E-state index contributed by atoms with van der Waals surface area (Å²) in [6.07, 6.45) is 3.66. The Morgan fingerprint density at radius 3 is 2.65 bits per heavy atom. The summed E-state index contributed by atoms with van der Waals surface area (Å²) in [5.41, 5.74) is 3.16. The second-order valence-corrected chi connectivity index (χ2v) is 8.36. The minimum Gasteiger partial charge on any atom is -0.341 e. The standard InChI is InChI=1S/C24H23F3N4/c1-13-22(27)19(26)12-21-23(13)30-24(29-21)14(2)31-9-6-15(7-10-31)17-5-8-28-20-4-3-16(25)11-18(17)20/h3-5,8,11-12,14-15H,6-7,9-10H2,1-2H3,(H,29,30)/t14-/m1/s1. The van der Waals surface area contributed by atoms with E-state index in [1.165, 1.54) is 12.1 Å². The summed E-state index contributed by atoms with van der Waals surface area (Å²) in [6, 6.07) is 7.89. The molecule has 0 saturated carbocycles. The Morgan fingerprint density at radius 1 is 1.10 bits per heavy atom. The van der Waals surface area contributed by atoms with Crippen LogP contribution in [0.3, 0.4) is 0 Å². The molecule has 7 heteroatoms. The van der Waals surface area contributed by atoms with E-state index < -0.39 is 11.6 Å². The van der Waals surface area contributed by atoms with E-state index in [2.05, 4.69) is 26.8 Å². The molecule has 160 valence electrons. The van der Waals surface area contributed by atoms with E-state index in [1.807, 2.05) is 6.07 Å². The molecule has 1 aliphatic rings. The zero-order valence-electron chi connectivity index (χ0n) is 17.4. The molecule has 4 aromatic rings. The van der Waals surface area contributed by atoms with Gasteiger partial charge in [0, 0.05) is 23.2 Å². The van der Waals surface area contributed by atoms with Gasteiger partial charge in [-0.25, -0.2) is 18.2 Å². The van der Waals surface area contributed by atoms with E-state index in [4.69, 9.17) is 0 Å². The number of aromatic nitrogens is 3. The first-order valence-corrected chi connectivity index (χ1v) is 10.5. The number of H-pyrrole nitrogens is 1. The number of piperidine rings is 1. The first-order valence-electron chi connectivity index (χ1n) is 10.5. The molecule has 5 rings (SSSR count). The van der Waals surface area contributed by atoms with Gasteiger partial charge >= 0.3 is 0 Å². The Hall–Kier alpha value is -2.93. The van der Waals surface area contributed by atoms with Gasteiger partial charge in [0.05, 0.1) is 22.6 Å². The fraction of sp³-hybridized carbons (Fsp3) is 0.333. The number of nitrogens with one attached hydrogen (secondary N) is 1. The van der Waals surface area contributed by atoms with Crippen LogP contribution < -0.4 is 0 Å². The van der Waals surface area contributed by atoms with E-state index in [9.17, 15) is 13.2 Å². The van der Waals surface area contributed by atoms with E-state index in [-0.39, 0.29) is 17.4 Å². The Kier molecular flexibility index (Phi) is 4.93. The van der Waals surface area contributed by atoms with Crippen LogP contribution in [0.15, 0.2) is 36.5 Å². The van der Waals surface area contributed by atoms with Crippen LogP contribution in [0.5, 0.6) is 0 Å². The number of imidazole rings is 1. The van der Waals surface area contributed by atoms with Crippen LogP contribution in [0.4, 0.5) is 13.2 Å². The third-order valence-electron chi connectivity index (χ3n) is 6.57. The van der Waals surface area contributed by atoms with Crippen molar-refractivity contribution in [3.05, 3.63) is 70.9 Å². The van der Waals surface area contributed by atoms with Crippen molar-refractivity contribution in [1.29, 1.82) is 0 Å². The lowest BCUT2D eigenvalue weighted by atomic mass is 9.87. The van der Waals surface area contributed by atoms with Crippen LogP contribution in [0, 0.1) is 24.4 Å². The largest absolute Gasteiger partial charge is 0.341 e. The molecular weight excluding hydrogens is 401 g/mol. The summed E-state index contributed by atoms with van der Waals surface area (Å²) < 4.78 is 41.5. The average Bonchev–Trinajstić information content (AvgIpc) is 3.21. The number of rotatable bonds is 3. The average molecular weight is 424 g/mol. The van der Waals surface area contributed by atoms with Gasteiger partial charge in [-0.15, -0.1) is 0 Å². The van der Waals surface area contributed by atoms with Crippen molar-refractivity contribution in [2.45, 2.75) is 38.6 Å². The van der Waals surface area contributed by atoms with Gasteiger partial charge < -0.3 is 4.98 Å². The van der Waals surface area contributed by atoms with Gasteiger partial charge in [-0.05, 0) is 75.5 Å². The molecule has 0 spiro atoms. The maximum absolute atomic E-state index is 13.9. The molecule has 1 N–H and O–H groups in total. The lowest BCUT2D eigenvalue weighted by Gasteiger charge is -2.35. The Morgan fingerprint density at radius 2 is 1.87 bits per heavy atom. The van der Waals surface area contributed by atoms with Gasteiger partial charge in [0.25, 0.3) is 0 Å². The fourth-order valence-electron chi connectivity index (χ4n) is 4.73. The minimum absolute atomic E-state index is 0.00880. The lowest BCUT2D eigenvalue weighted by molar-refractivity contribution is 0.158. The molecule has 0 bridgehead atoms. The second-order valence-electron chi connectivity index (χ2n) is 8.36. The number of pyridine rings is 1. The molecule has 1 saturated heterocycles. The Bertz CT molecular complexity index is 1280. The minimum atomic E-state index is -0.866. The third kappa shape index (κ3) is 3.47. The van der Waals surface area contributed by atoms with E-state index in [1.54, 1.807) is 25.3 Å². The number of fused-ring (bicyclic) bond motifs is 2. The van der Waals surface area contributed by atoms with Crippen molar-refractivity contribution in [3.63, 3.8) is 0 Å². The maximum Gasteiger partial charge on any atom is 0.164 e. The number of halogens is 3. The number of benzene rings is 2.